The molecule has 4 aromatic rings. The standard InChI is InChI=1S/C39H45ClN12O3/c1-25-23-51(26(2)22-50(25)30-4-3-28(16-41)32(40)15-30)38(54)33-18-44-36(21-43-33)48-12-5-27(6-13-48)24-47-10-7-29(8-11-47)52-35-20-42-19-34(31(35)17-45-52)49-14-9-37(53)46-39(49)55/h3-4,15,17-21,25-27,29H,5-14,22-24H2,1-2H3,(H,46,53,55)/t25-,26+/m0/s1. The van der Waals surface area contributed by atoms with E-state index in [4.69, 9.17) is 16.7 Å². The van der Waals surface area contributed by atoms with Gasteiger partial charge in [-0.1, -0.05) is 11.6 Å². The lowest BCUT2D eigenvalue weighted by atomic mass is 9.94. The fraction of sp³-hybridized carbons (Fsp3) is 0.487. The predicted molar refractivity (Wildman–Crippen MR) is 208 cm³/mol. The van der Waals surface area contributed by atoms with Gasteiger partial charge in [0.1, 0.15) is 17.6 Å². The second-order valence-electron chi connectivity index (χ2n) is 15.2. The van der Waals surface area contributed by atoms with Crippen LogP contribution in [0.25, 0.3) is 10.9 Å². The Kier molecular flexibility index (Phi) is 10.3. The van der Waals surface area contributed by atoms with Crippen LogP contribution in [-0.2, 0) is 4.79 Å². The molecule has 3 aromatic heterocycles. The summed E-state index contributed by atoms with van der Waals surface area (Å²) in [5.74, 6) is 1.03. The van der Waals surface area contributed by atoms with Crippen LogP contribution in [0.5, 0.6) is 0 Å². The summed E-state index contributed by atoms with van der Waals surface area (Å²) in [6.45, 7) is 10.5. The lowest BCUT2D eigenvalue weighted by Gasteiger charge is -2.45. The number of likely N-dealkylation sites (tertiary alicyclic amines) is 1. The second kappa shape index (κ2) is 15.4. The third-order valence-corrected chi connectivity index (χ3v) is 12.0. The molecule has 8 rings (SSSR count). The van der Waals surface area contributed by atoms with Crippen molar-refractivity contribution in [1.82, 2.24) is 39.8 Å². The van der Waals surface area contributed by atoms with Crippen molar-refractivity contribution in [2.45, 2.75) is 64.1 Å². The molecule has 1 aromatic carbocycles. The van der Waals surface area contributed by atoms with Gasteiger partial charge < -0.3 is 19.6 Å². The number of aromatic nitrogens is 5. The van der Waals surface area contributed by atoms with Gasteiger partial charge in [0.2, 0.25) is 5.91 Å². The summed E-state index contributed by atoms with van der Waals surface area (Å²) < 4.78 is 2.06. The number of halogens is 1. The Morgan fingerprint density at radius 2 is 1.75 bits per heavy atom. The topological polar surface area (TPSA) is 160 Å². The zero-order valence-electron chi connectivity index (χ0n) is 31.1. The molecule has 16 heteroatoms. The summed E-state index contributed by atoms with van der Waals surface area (Å²) >= 11 is 6.31. The number of nitrogens with zero attached hydrogens (tertiary/aromatic N) is 11. The number of imide groups is 1. The van der Waals surface area contributed by atoms with Gasteiger partial charge >= 0.3 is 6.03 Å². The summed E-state index contributed by atoms with van der Waals surface area (Å²) in [7, 11) is 0. The number of piperidine rings is 2. The number of nitriles is 1. The number of urea groups is 1. The summed E-state index contributed by atoms with van der Waals surface area (Å²) in [5.41, 5.74) is 3.32. The van der Waals surface area contributed by atoms with E-state index < -0.39 is 6.03 Å². The second-order valence-corrected chi connectivity index (χ2v) is 15.6. The Hall–Kier alpha value is -5.33. The Bertz CT molecular complexity index is 2120. The van der Waals surface area contributed by atoms with Crippen molar-refractivity contribution in [3.05, 3.63) is 65.5 Å². The van der Waals surface area contributed by atoms with Gasteiger partial charge in [-0.25, -0.2) is 14.8 Å². The fourth-order valence-electron chi connectivity index (χ4n) is 8.59. The molecule has 4 saturated heterocycles. The number of fused-ring (bicyclic) bond motifs is 1. The SMILES string of the molecule is C[C@@H]1CN(c2ccc(C#N)c(Cl)c2)[C@@H](C)CN1C(=O)c1cnc(N2CCC(CN3CCC(n4ncc5c(N6CCC(=O)NC6=O)cncc54)CC3)CC2)cn1. The number of carbonyl (C=O) groups is 3. The van der Waals surface area contributed by atoms with Gasteiger partial charge in [0.05, 0.1) is 58.8 Å². The maximum Gasteiger partial charge on any atom is 0.328 e. The first-order valence-corrected chi connectivity index (χ1v) is 19.5. The van der Waals surface area contributed by atoms with Crippen LogP contribution in [0.15, 0.2) is 49.2 Å². The molecule has 4 fully saturated rings. The van der Waals surface area contributed by atoms with Crippen molar-refractivity contribution in [3.8, 4) is 6.07 Å². The fourth-order valence-corrected chi connectivity index (χ4v) is 8.80. The Morgan fingerprint density at radius 3 is 2.45 bits per heavy atom. The molecule has 4 aliphatic rings. The molecular weight excluding hydrogens is 720 g/mol. The van der Waals surface area contributed by atoms with E-state index in [9.17, 15) is 19.6 Å². The molecule has 0 bridgehead atoms. The van der Waals surface area contributed by atoms with Crippen LogP contribution < -0.4 is 20.0 Å². The monoisotopic (exact) mass is 764 g/mol. The number of piperazine rings is 1. The number of nitrogens with one attached hydrogen (secondary N) is 1. The summed E-state index contributed by atoms with van der Waals surface area (Å²) in [5, 5.41) is 17.7. The number of hydrogen-bond acceptors (Lipinski definition) is 11. The third kappa shape index (κ3) is 7.40. The van der Waals surface area contributed by atoms with Crippen LogP contribution in [0.4, 0.5) is 22.0 Å². The van der Waals surface area contributed by atoms with E-state index in [1.165, 1.54) is 0 Å². The third-order valence-electron chi connectivity index (χ3n) is 11.7. The maximum atomic E-state index is 13.6. The molecule has 0 radical (unpaired) electrons. The molecule has 7 heterocycles. The molecule has 0 saturated carbocycles. The van der Waals surface area contributed by atoms with Crippen LogP contribution in [0.2, 0.25) is 5.02 Å². The van der Waals surface area contributed by atoms with Crippen molar-refractivity contribution in [3.63, 3.8) is 0 Å². The number of rotatable bonds is 7. The molecule has 1 N–H and O–H groups in total. The average Bonchev–Trinajstić information content (AvgIpc) is 3.64. The minimum atomic E-state index is -0.421. The highest BCUT2D eigenvalue weighted by atomic mass is 35.5. The van der Waals surface area contributed by atoms with Crippen LogP contribution >= 0.6 is 11.6 Å². The Labute approximate surface area is 324 Å². The number of carbonyl (C=O) groups excluding carboxylic acids is 3. The van der Waals surface area contributed by atoms with Crippen molar-refractivity contribution in [2.75, 3.05) is 67.1 Å². The minimum Gasteiger partial charge on any atom is -0.365 e. The van der Waals surface area contributed by atoms with E-state index >= 15 is 0 Å². The zero-order valence-corrected chi connectivity index (χ0v) is 31.9. The lowest BCUT2D eigenvalue weighted by molar-refractivity contribution is -0.120. The van der Waals surface area contributed by atoms with Crippen LogP contribution in [0, 0.1) is 17.2 Å². The highest BCUT2D eigenvalue weighted by Crippen LogP contribution is 2.33. The van der Waals surface area contributed by atoms with Crippen LogP contribution in [-0.4, -0.2) is 117 Å². The normalized spacial score (nSPS) is 21.9. The van der Waals surface area contributed by atoms with Gasteiger partial charge in [0.15, 0.2) is 0 Å². The van der Waals surface area contributed by atoms with E-state index in [1.807, 2.05) is 36.4 Å². The van der Waals surface area contributed by atoms with Gasteiger partial charge in [0, 0.05) is 81.9 Å². The van der Waals surface area contributed by atoms with Gasteiger partial charge in [-0.3, -0.25) is 29.5 Å². The number of benzene rings is 1. The molecule has 0 spiro atoms. The molecule has 55 heavy (non-hydrogen) atoms. The van der Waals surface area contributed by atoms with E-state index in [0.717, 1.165) is 80.8 Å². The average molecular weight is 765 g/mol. The molecule has 2 atom stereocenters. The predicted octanol–water partition coefficient (Wildman–Crippen LogP) is 4.49. The molecule has 15 nitrogen and oxygen atoms in total. The first-order chi connectivity index (χ1) is 26.7. The molecule has 0 unspecified atom stereocenters. The summed E-state index contributed by atoms with van der Waals surface area (Å²) in [6, 6.07) is 7.41. The maximum absolute atomic E-state index is 13.6. The highest BCUT2D eigenvalue weighted by molar-refractivity contribution is 6.32. The van der Waals surface area contributed by atoms with Crippen molar-refractivity contribution < 1.29 is 14.4 Å². The largest absolute Gasteiger partial charge is 0.365 e. The first-order valence-electron chi connectivity index (χ1n) is 19.2. The zero-order chi connectivity index (χ0) is 38.2. The van der Waals surface area contributed by atoms with Crippen molar-refractivity contribution in [2.24, 2.45) is 5.92 Å². The molecule has 286 valence electrons. The molecule has 4 amide bonds. The van der Waals surface area contributed by atoms with E-state index in [0.29, 0.717) is 47.5 Å². The van der Waals surface area contributed by atoms with E-state index in [2.05, 4.69) is 52.6 Å². The quantitative estimate of drug-likeness (QED) is 0.283. The number of amides is 4. The number of anilines is 3. The van der Waals surface area contributed by atoms with Gasteiger partial charge in [0.25, 0.3) is 5.91 Å². The Morgan fingerprint density at radius 1 is 0.945 bits per heavy atom. The number of hydrogen-bond donors (Lipinski definition) is 1. The molecule has 0 aliphatic carbocycles. The summed E-state index contributed by atoms with van der Waals surface area (Å²) in [6.07, 6.45) is 13.0. The molecular formula is C39H45ClN12O3. The van der Waals surface area contributed by atoms with E-state index in [-0.39, 0.29) is 36.4 Å². The van der Waals surface area contributed by atoms with Gasteiger partial charge in [-0.05, 0) is 63.6 Å². The highest BCUT2D eigenvalue weighted by Gasteiger charge is 2.34. The van der Waals surface area contributed by atoms with Crippen LogP contribution in [0.3, 0.4) is 0 Å². The number of pyridine rings is 1. The minimum absolute atomic E-state index is 0.0504. The van der Waals surface area contributed by atoms with E-state index in [1.54, 1.807) is 29.6 Å². The van der Waals surface area contributed by atoms with Crippen LogP contribution in [0.1, 0.15) is 68.0 Å². The van der Waals surface area contributed by atoms with Gasteiger partial charge in [-0.15, -0.1) is 0 Å². The van der Waals surface area contributed by atoms with Crippen molar-refractivity contribution >= 4 is 57.5 Å². The van der Waals surface area contributed by atoms with Gasteiger partial charge in [-0.2, -0.15) is 10.4 Å². The lowest BCUT2D eigenvalue weighted by Crippen LogP contribution is -2.58. The van der Waals surface area contributed by atoms with Crippen molar-refractivity contribution in [1.29, 1.82) is 5.26 Å². The smallest absolute Gasteiger partial charge is 0.328 e. The Balaban J connectivity index is 0.807. The molecule has 4 aliphatic heterocycles. The summed E-state index contributed by atoms with van der Waals surface area (Å²) in [4.78, 5) is 62.0. The first kappa shape index (κ1) is 36.6.